The maximum absolute atomic E-state index is 3.60. The summed E-state index contributed by atoms with van der Waals surface area (Å²) in [6.07, 6.45) is 0. The van der Waals surface area contributed by atoms with Crippen LogP contribution in [-0.4, -0.2) is 0 Å². The number of alkyl halides is 2. The average Bonchev–Trinajstić information content (AvgIpc) is 2.62. The van der Waals surface area contributed by atoms with Gasteiger partial charge in [-0.3, -0.25) is 0 Å². The van der Waals surface area contributed by atoms with Crippen LogP contribution in [0.4, 0.5) is 0 Å². The second-order valence-corrected chi connectivity index (χ2v) is 6.32. The third-order valence-corrected chi connectivity index (χ3v) is 5.03. The van der Waals surface area contributed by atoms with Crippen molar-refractivity contribution in [2.75, 3.05) is 0 Å². The van der Waals surface area contributed by atoms with Gasteiger partial charge < -0.3 is 0 Å². The minimum Gasteiger partial charge on any atom is -0.0876 e. The second kappa shape index (κ2) is 7.26. The lowest BCUT2D eigenvalue weighted by Gasteiger charge is -2.11. The molecule has 0 aliphatic rings. The Labute approximate surface area is 148 Å². The molecule has 0 nitrogen and oxygen atoms in total. The molecular formula is C20H16Br2. The highest BCUT2D eigenvalue weighted by molar-refractivity contribution is 9.08. The predicted molar refractivity (Wildman–Crippen MR) is 103 cm³/mol. The molecule has 0 aliphatic carbocycles. The molecule has 0 N–H and O–H groups in total. The molecule has 0 radical (unpaired) electrons. The summed E-state index contributed by atoms with van der Waals surface area (Å²) >= 11 is 7.09. The molecule has 0 amide bonds. The molecule has 0 aromatic heterocycles. The van der Waals surface area contributed by atoms with Crippen LogP contribution in [0.1, 0.15) is 11.1 Å². The number of rotatable bonds is 4. The van der Waals surface area contributed by atoms with Gasteiger partial charge in [0.05, 0.1) is 0 Å². The molecule has 0 heterocycles. The van der Waals surface area contributed by atoms with Gasteiger partial charge in [0.1, 0.15) is 0 Å². The number of benzene rings is 3. The van der Waals surface area contributed by atoms with Crippen molar-refractivity contribution in [3.63, 3.8) is 0 Å². The van der Waals surface area contributed by atoms with Crippen molar-refractivity contribution in [1.29, 1.82) is 0 Å². The summed E-state index contributed by atoms with van der Waals surface area (Å²) < 4.78 is 0. The van der Waals surface area contributed by atoms with E-state index in [0.717, 1.165) is 10.7 Å². The predicted octanol–water partition coefficient (Wildman–Crippen LogP) is 6.81. The van der Waals surface area contributed by atoms with E-state index in [1.807, 2.05) is 0 Å². The van der Waals surface area contributed by atoms with Gasteiger partial charge in [-0.1, -0.05) is 98.6 Å². The highest BCUT2D eigenvalue weighted by Gasteiger charge is 2.07. The molecule has 0 bridgehead atoms. The first-order valence-corrected chi connectivity index (χ1v) is 9.45. The van der Waals surface area contributed by atoms with E-state index in [0.29, 0.717) is 0 Å². The molecule has 3 aromatic rings. The van der Waals surface area contributed by atoms with Crippen molar-refractivity contribution in [3.05, 3.63) is 83.9 Å². The van der Waals surface area contributed by atoms with Crippen LogP contribution < -0.4 is 0 Å². The third-order valence-electron chi connectivity index (χ3n) is 3.78. The maximum atomic E-state index is 3.60. The zero-order valence-electron chi connectivity index (χ0n) is 12.1. The monoisotopic (exact) mass is 414 g/mol. The van der Waals surface area contributed by atoms with Crippen LogP contribution in [0.5, 0.6) is 0 Å². The van der Waals surface area contributed by atoms with Crippen LogP contribution >= 0.6 is 31.9 Å². The summed E-state index contributed by atoms with van der Waals surface area (Å²) in [5.41, 5.74) is 7.67. The van der Waals surface area contributed by atoms with Crippen LogP contribution in [0, 0.1) is 0 Å². The van der Waals surface area contributed by atoms with Gasteiger partial charge in [0.2, 0.25) is 0 Å². The largest absolute Gasteiger partial charge is 0.0876 e. The van der Waals surface area contributed by atoms with Crippen molar-refractivity contribution in [2.24, 2.45) is 0 Å². The van der Waals surface area contributed by atoms with E-state index in [-0.39, 0.29) is 0 Å². The standard InChI is InChI=1S/C20H16Br2/c21-13-15-6-8-16(9-7-15)18-10-11-19(14-22)20(12-18)17-4-2-1-3-5-17/h1-12H,13-14H2. The lowest BCUT2D eigenvalue weighted by Crippen LogP contribution is -1.88. The van der Waals surface area contributed by atoms with Crippen LogP contribution in [0.15, 0.2) is 72.8 Å². The van der Waals surface area contributed by atoms with Gasteiger partial charge in [0, 0.05) is 10.7 Å². The SMILES string of the molecule is BrCc1ccc(-c2ccc(CBr)c(-c3ccccc3)c2)cc1. The summed E-state index contributed by atoms with van der Waals surface area (Å²) in [5.74, 6) is 0. The van der Waals surface area contributed by atoms with E-state index in [4.69, 9.17) is 0 Å². The highest BCUT2D eigenvalue weighted by atomic mass is 79.9. The molecule has 0 saturated carbocycles. The first-order valence-electron chi connectivity index (χ1n) is 7.21. The smallest absolute Gasteiger partial charge is 0.0289 e. The summed E-state index contributed by atoms with van der Waals surface area (Å²) in [6.45, 7) is 0. The van der Waals surface area contributed by atoms with Gasteiger partial charge in [-0.2, -0.15) is 0 Å². The molecule has 0 atom stereocenters. The van der Waals surface area contributed by atoms with Crippen LogP contribution in [0.2, 0.25) is 0 Å². The fourth-order valence-corrected chi connectivity index (χ4v) is 3.41. The Hall–Kier alpha value is -1.38. The molecule has 110 valence electrons. The van der Waals surface area contributed by atoms with E-state index in [1.165, 1.54) is 33.4 Å². The number of hydrogen-bond acceptors (Lipinski definition) is 0. The van der Waals surface area contributed by atoms with Crippen LogP contribution in [0.3, 0.4) is 0 Å². The highest BCUT2D eigenvalue weighted by Crippen LogP contribution is 2.31. The lowest BCUT2D eigenvalue weighted by molar-refractivity contribution is 1.41. The van der Waals surface area contributed by atoms with Gasteiger partial charge in [-0.15, -0.1) is 0 Å². The van der Waals surface area contributed by atoms with E-state index >= 15 is 0 Å². The fraction of sp³-hybridized carbons (Fsp3) is 0.100. The van der Waals surface area contributed by atoms with E-state index in [1.54, 1.807) is 0 Å². The van der Waals surface area contributed by atoms with Crippen molar-refractivity contribution >= 4 is 31.9 Å². The molecule has 0 saturated heterocycles. The third kappa shape index (κ3) is 3.34. The minimum atomic E-state index is 0.861. The van der Waals surface area contributed by atoms with E-state index < -0.39 is 0 Å². The Kier molecular flexibility index (Phi) is 5.12. The first kappa shape index (κ1) is 15.5. The Morgan fingerprint density at radius 2 is 1.27 bits per heavy atom. The van der Waals surface area contributed by atoms with Crippen molar-refractivity contribution < 1.29 is 0 Å². The summed E-state index contributed by atoms with van der Waals surface area (Å²) in [7, 11) is 0. The van der Waals surface area contributed by atoms with Gasteiger partial charge in [0.15, 0.2) is 0 Å². The van der Waals surface area contributed by atoms with Gasteiger partial charge in [-0.05, 0) is 39.4 Å². The molecule has 22 heavy (non-hydrogen) atoms. The Bertz CT molecular complexity index is 746. The molecule has 3 rings (SSSR count). The van der Waals surface area contributed by atoms with Gasteiger partial charge in [-0.25, -0.2) is 0 Å². The summed E-state index contributed by atoms with van der Waals surface area (Å²) in [4.78, 5) is 0. The fourth-order valence-electron chi connectivity index (χ4n) is 2.55. The molecule has 0 spiro atoms. The molecular weight excluding hydrogens is 400 g/mol. The van der Waals surface area contributed by atoms with E-state index in [9.17, 15) is 0 Å². The normalized spacial score (nSPS) is 10.6. The van der Waals surface area contributed by atoms with Crippen molar-refractivity contribution in [1.82, 2.24) is 0 Å². The molecule has 3 aromatic carbocycles. The Morgan fingerprint density at radius 3 is 1.91 bits per heavy atom. The average molecular weight is 416 g/mol. The van der Waals surface area contributed by atoms with Crippen molar-refractivity contribution in [3.8, 4) is 22.3 Å². The molecule has 0 aliphatic heterocycles. The molecule has 2 heteroatoms. The molecule has 0 fully saturated rings. The zero-order valence-corrected chi connectivity index (χ0v) is 15.3. The van der Waals surface area contributed by atoms with Crippen molar-refractivity contribution in [2.45, 2.75) is 10.7 Å². The van der Waals surface area contributed by atoms with E-state index in [2.05, 4.69) is 105 Å². The first-order chi connectivity index (χ1) is 10.8. The Balaban J connectivity index is 2.06. The van der Waals surface area contributed by atoms with Crippen LogP contribution in [-0.2, 0) is 10.7 Å². The molecule has 0 unspecified atom stereocenters. The second-order valence-electron chi connectivity index (χ2n) is 5.20. The summed E-state index contributed by atoms with van der Waals surface area (Å²) in [5, 5.41) is 1.76. The van der Waals surface area contributed by atoms with Crippen LogP contribution in [0.25, 0.3) is 22.3 Å². The lowest BCUT2D eigenvalue weighted by atomic mass is 9.95. The topological polar surface area (TPSA) is 0 Å². The minimum absolute atomic E-state index is 0.861. The number of halogens is 2. The number of hydrogen-bond donors (Lipinski definition) is 0. The van der Waals surface area contributed by atoms with Gasteiger partial charge >= 0.3 is 0 Å². The maximum Gasteiger partial charge on any atom is 0.0289 e. The quantitative estimate of drug-likeness (QED) is 0.410. The summed E-state index contributed by atoms with van der Waals surface area (Å²) in [6, 6.07) is 26.0. The Morgan fingerprint density at radius 1 is 0.591 bits per heavy atom. The zero-order chi connectivity index (χ0) is 15.4. The van der Waals surface area contributed by atoms with Gasteiger partial charge in [0.25, 0.3) is 0 Å².